The largest absolute Gasteiger partial charge is 0.484 e. The Morgan fingerprint density at radius 1 is 1.00 bits per heavy atom. The van der Waals surface area contributed by atoms with Gasteiger partial charge in [-0.1, -0.05) is 24.4 Å². The van der Waals surface area contributed by atoms with Gasteiger partial charge in [-0.05, 0) is 75.9 Å². The first-order valence-electron chi connectivity index (χ1n) is 10.1. The zero-order valence-corrected chi connectivity index (χ0v) is 16.4. The highest BCUT2D eigenvalue weighted by molar-refractivity contribution is 6.30. The molecule has 0 aromatic heterocycles. The van der Waals surface area contributed by atoms with E-state index in [0.29, 0.717) is 16.8 Å². The lowest BCUT2D eigenvalue weighted by molar-refractivity contribution is -0.137. The van der Waals surface area contributed by atoms with Crippen molar-refractivity contribution in [2.45, 2.75) is 57.4 Å². The van der Waals surface area contributed by atoms with Gasteiger partial charge in [0, 0.05) is 24.2 Å². The minimum absolute atomic E-state index is 0.112. The number of amides is 1. The van der Waals surface area contributed by atoms with Gasteiger partial charge < -0.3 is 14.5 Å². The van der Waals surface area contributed by atoms with E-state index in [9.17, 15) is 4.79 Å². The molecule has 0 aliphatic carbocycles. The van der Waals surface area contributed by atoms with Gasteiger partial charge in [-0.25, -0.2) is 0 Å². The normalized spacial score (nSPS) is 22.0. The molecule has 0 spiro atoms. The summed E-state index contributed by atoms with van der Waals surface area (Å²) >= 11 is 5.89. The van der Waals surface area contributed by atoms with E-state index >= 15 is 0 Å². The number of benzene rings is 1. The lowest BCUT2D eigenvalue weighted by Crippen LogP contribution is -2.47. The van der Waals surface area contributed by atoms with E-state index in [1.807, 2.05) is 12.1 Å². The van der Waals surface area contributed by atoms with E-state index < -0.39 is 0 Å². The van der Waals surface area contributed by atoms with Crippen LogP contribution in [-0.4, -0.2) is 54.5 Å². The van der Waals surface area contributed by atoms with Crippen LogP contribution in [0.25, 0.3) is 0 Å². The van der Waals surface area contributed by atoms with E-state index in [0.717, 1.165) is 32.4 Å². The summed E-state index contributed by atoms with van der Waals surface area (Å²) in [5, 5.41) is 0.674. The molecule has 2 fully saturated rings. The number of piperidine rings is 1. The van der Waals surface area contributed by atoms with E-state index in [4.69, 9.17) is 16.3 Å². The van der Waals surface area contributed by atoms with Crippen molar-refractivity contribution in [2.24, 2.45) is 0 Å². The maximum absolute atomic E-state index is 12.7. The number of hydrogen-bond donors (Lipinski definition) is 0. The average Bonchev–Trinajstić information content (AvgIpc) is 2.95. The number of rotatable bonds is 6. The molecule has 2 heterocycles. The van der Waals surface area contributed by atoms with Gasteiger partial charge in [-0.15, -0.1) is 0 Å². The molecule has 1 atom stereocenters. The van der Waals surface area contributed by atoms with Crippen LogP contribution in [0.2, 0.25) is 5.02 Å². The van der Waals surface area contributed by atoms with Gasteiger partial charge >= 0.3 is 0 Å². The van der Waals surface area contributed by atoms with Gasteiger partial charge in [0.2, 0.25) is 0 Å². The Morgan fingerprint density at radius 2 is 1.69 bits per heavy atom. The molecular formula is C21H31ClN2O2. The molecule has 0 bridgehead atoms. The monoisotopic (exact) mass is 378 g/mol. The Bertz CT molecular complexity index is 556. The molecule has 26 heavy (non-hydrogen) atoms. The Morgan fingerprint density at radius 3 is 2.42 bits per heavy atom. The van der Waals surface area contributed by atoms with Crippen molar-refractivity contribution in [2.75, 3.05) is 32.8 Å². The van der Waals surface area contributed by atoms with Crippen molar-refractivity contribution in [3.05, 3.63) is 29.3 Å². The SMILES string of the molecule is O=C(COc1ccc(Cl)cc1)N1CCCC[C@H]1CCN1CCCCCC1. The van der Waals surface area contributed by atoms with Crippen molar-refractivity contribution in [3.8, 4) is 5.75 Å². The molecular weight excluding hydrogens is 348 g/mol. The fourth-order valence-electron chi connectivity index (χ4n) is 4.08. The first kappa shape index (κ1) is 19.5. The average molecular weight is 379 g/mol. The van der Waals surface area contributed by atoms with Crippen LogP contribution in [-0.2, 0) is 4.79 Å². The van der Waals surface area contributed by atoms with Crippen LogP contribution >= 0.6 is 11.6 Å². The Labute approximate surface area is 162 Å². The van der Waals surface area contributed by atoms with Crippen molar-refractivity contribution in [1.82, 2.24) is 9.80 Å². The zero-order valence-electron chi connectivity index (χ0n) is 15.7. The Balaban J connectivity index is 1.48. The van der Waals surface area contributed by atoms with Crippen LogP contribution < -0.4 is 4.74 Å². The summed E-state index contributed by atoms with van der Waals surface area (Å²) < 4.78 is 5.68. The minimum Gasteiger partial charge on any atom is -0.484 e. The first-order valence-corrected chi connectivity index (χ1v) is 10.5. The third-order valence-electron chi connectivity index (χ3n) is 5.60. The molecule has 2 saturated heterocycles. The van der Waals surface area contributed by atoms with Gasteiger partial charge in [0.05, 0.1) is 0 Å². The molecule has 2 aliphatic rings. The molecule has 0 unspecified atom stereocenters. The van der Waals surface area contributed by atoms with Gasteiger partial charge in [0.1, 0.15) is 5.75 Å². The standard InChI is InChI=1S/C21H31ClN2O2/c22-18-8-10-20(11-9-18)26-17-21(25)24-15-6-3-7-19(24)12-16-23-13-4-1-2-5-14-23/h8-11,19H,1-7,12-17H2/t19-/m0/s1. The summed E-state index contributed by atoms with van der Waals surface area (Å²) in [5.74, 6) is 0.807. The van der Waals surface area contributed by atoms with Crippen LogP contribution in [0.4, 0.5) is 0 Å². The number of hydrogen-bond acceptors (Lipinski definition) is 3. The summed E-state index contributed by atoms with van der Waals surface area (Å²) in [6.07, 6.45) is 9.93. The molecule has 4 nitrogen and oxygen atoms in total. The first-order chi connectivity index (χ1) is 12.7. The third-order valence-corrected chi connectivity index (χ3v) is 5.85. The molecule has 144 valence electrons. The molecule has 5 heteroatoms. The lowest BCUT2D eigenvalue weighted by Gasteiger charge is -2.37. The summed E-state index contributed by atoms with van der Waals surface area (Å²) in [7, 11) is 0. The summed E-state index contributed by atoms with van der Waals surface area (Å²) in [6, 6.07) is 7.55. The number of nitrogens with zero attached hydrogens (tertiary/aromatic N) is 2. The van der Waals surface area contributed by atoms with Gasteiger partial charge in [0.15, 0.2) is 6.61 Å². The molecule has 1 amide bonds. The van der Waals surface area contributed by atoms with Crippen molar-refractivity contribution < 1.29 is 9.53 Å². The highest BCUT2D eigenvalue weighted by Crippen LogP contribution is 2.22. The van der Waals surface area contributed by atoms with Crippen molar-refractivity contribution in [3.63, 3.8) is 0 Å². The second-order valence-electron chi connectivity index (χ2n) is 7.52. The molecule has 1 aromatic rings. The number of likely N-dealkylation sites (tertiary alicyclic amines) is 2. The fraction of sp³-hybridized carbons (Fsp3) is 0.667. The van der Waals surface area contributed by atoms with Crippen LogP contribution in [0, 0.1) is 0 Å². The molecule has 0 radical (unpaired) electrons. The van der Waals surface area contributed by atoms with Crippen molar-refractivity contribution in [1.29, 1.82) is 0 Å². The third kappa shape index (κ3) is 5.88. The van der Waals surface area contributed by atoms with Gasteiger partial charge in [0.25, 0.3) is 5.91 Å². The predicted molar refractivity (Wildman–Crippen MR) is 106 cm³/mol. The molecule has 3 rings (SSSR count). The number of ether oxygens (including phenoxy) is 1. The molecule has 2 aliphatic heterocycles. The topological polar surface area (TPSA) is 32.8 Å². The van der Waals surface area contributed by atoms with E-state index in [1.54, 1.807) is 12.1 Å². The second-order valence-corrected chi connectivity index (χ2v) is 7.96. The van der Waals surface area contributed by atoms with E-state index in [1.165, 1.54) is 45.2 Å². The van der Waals surface area contributed by atoms with Gasteiger partial charge in [-0.2, -0.15) is 0 Å². The summed E-state index contributed by atoms with van der Waals surface area (Å²) in [5.41, 5.74) is 0. The lowest BCUT2D eigenvalue weighted by atomic mass is 9.99. The summed E-state index contributed by atoms with van der Waals surface area (Å²) in [4.78, 5) is 17.4. The van der Waals surface area contributed by atoms with E-state index in [2.05, 4.69) is 9.80 Å². The quantitative estimate of drug-likeness (QED) is 0.737. The number of halogens is 1. The van der Waals surface area contributed by atoms with E-state index in [-0.39, 0.29) is 12.5 Å². The predicted octanol–water partition coefficient (Wildman–Crippen LogP) is 4.37. The second kappa shape index (κ2) is 10.2. The number of carbonyl (C=O) groups is 1. The molecule has 1 aromatic carbocycles. The Kier molecular flexibility index (Phi) is 7.63. The smallest absolute Gasteiger partial charge is 0.260 e. The Hall–Kier alpha value is -1.26. The van der Waals surface area contributed by atoms with Crippen LogP contribution in [0.1, 0.15) is 51.4 Å². The summed E-state index contributed by atoms with van der Waals surface area (Å²) in [6.45, 7) is 4.54. The molecule has 0 saturated carbocycles. The molecule has 0 N–H and O–H groups in total. The highest BCUT2D eigenvalue weighted by Gasteiger charge is 2.27. The van der Waals surface area contributed by atoms with Crippen LogP contribution in [0.15, 0.2) is 24.3 Å². The zero-order chi connectivity index (χ0) is 18.2. The highest BCUT2D eigenvalue weighted by atomic mass is 35.5. The number of carbonyl (C=O) groups excluding carboxylic acids is 1. The van der Waals surface area contributed by atoms with Crippen LogP contribution in [0.3, 0.4) is 0 Å². The van der Waals surface area contributed by atoms with Crippen LogP contribution in [0.5, 0.6) is 5.75 Å². The fourth-order valence-corrected chi connectivity index (χ4v) is 4.21. The van der Waals surface area contributed by atoms with Gasteiger partial charge in [-0.3, -0.25) is 4.79 Å². The minimum atomic E-state index is 0.112. The van der Waals surface area contributed by atoms with Crippen molar-refractivity contribution >= 4 is 17.5 Å². The maximum atomic E-state index is 12.7. The maximum Gasteiger partial charge on any atom is 0.260 e.